The largest absolute Gasteiger partial charge is 0.378 e. The van der Waals surface area contributed by atoms with Gasteiger partial charge in [0.15, 0.2) is 0 Å². The Morgan fingerprint density at radius 2 is 2.10 bits per heavy atom. The molecule has 1 saturated heterocycles. The molecule has 0 aromatic rings. The second-order valence-electron chi connectivity index (χ2n) is 3.46. The first kappa shape index (κ1) is 8.02. The number of hydrogen-bond donors (Lipinski definition) is 1. The Bertz CT molecular complexity index is 103. The first-order chi connectivity index (χ1) is 4.70. The molecular formula is C8H17NO. The first-order valence-corrected chi connectivity index (χ1v) is 4.04. The molecule has 10 heavy (non-hydrogen) atoms. The predicted octanol–water partition coefficient (Wildman–Crippen LogP) is 1.02. The Kier molecular flexibility index (Phi) is 2.69. The van der Waals surface area contributed by atoms with E-state index in [2.05, 4.69) is 26.1 Å². The maximum atomic E-state index is 5.39. The minimum absolute atomic E-state index is 0.529. The van der Waals surface area contributed by atoms with E-state index in [1.54, 1.807) is 0 Å². The Labute approximate surface area is 63.0 Å². The molecule has 1 rings (SSSR count). The van der Waals surface area contributed by atoms with Crippen LogP contribution in [0.15, 0.2) is 0 Å². The highest BCUT2D eigenvalue weighted by atomic mass is 16.5. The highest BCUT2D eigenvalue weighted by molar-refractivity contribution is 4.77. The van der Waals surface area contributed by atoms with Crippen LogP contribution in [0.4, 0.5) is 0 Å². The second kappa shape index (κ2) is 3.35. The van der Waals surface area contributed by atoms with Crippen molar-refractivity contribution < 1.29 is 4.74 Å². The van der Waals surface area contributed by atoms with Crippen LogP contribution >= 0.6 is 0 Å². The van der Waals surface area contributed by atoms with Gasteiger partial charge in [-0.1, -0.05) is 13.8 Å². The second-order valence-corrected chi connectivity index (χ2v) is 3.46. The fourth-order valence-electron chi connectivity index (χ4n) is 1.22. The summed E-state index contributed by atoms with van der Waals surface area (Å²) in [4.78, 5) is 0. The summed E-state index contributed by atoms with van der Waals surface area (Å²) in [6, 6.07) is 1.09. The van der Waals surface area contributed by atoms with Crippen molar-refractivity contribution in [2.24, 2.45) is 5.92 Å². The van der Waals surface area contributed by atoms with Crippen molar-refractivity contribution in [3.63, 3.8) is 0 Å². The molecule has 60 valence electrons. The van der Waals surface area contributed by atoms with Crippen molar-refractivity contribution >= 4 is 0 Å². The SMILES string of the molecule is CC1COCC(C(C)C)N1. The molecule has 0 aromatic heterocycles. The molecule has 2 atom stereocenters. The molecule has 0 spiro atoms. The van der Waals surface area contributed by atoms with Gasteiger partial charge in [-0.2, -0.15) is 0 Å². The van der Waals surface area contributed by atoms with Crippen LogP contribution in [0.5, 0.6) is 0 Å². The summed E-state index contributed by atoms with van der Waals surface area (Å²) < 4.78 is 5.39. The zero-order valence-corrected chi connectivity index (χ0v) is 7.05. The zero-order valence-electron chi connectivity index (χ0n) is 7.05. The molecule has 2 heteroatoms. The number of hydrogen-bond acceptors (Lipinski definition) is 2. The molecule has 0 amide bonds. The van der Waals surface area contributed by atoms with Gasteiger partial charge in [-0.25, -0.2) is 0 Å². The summed E-state index contributed by atoms with van der Waals surface area (Å²) in [7, 11) is 0. The lowest BCUT2D eigenvalue weighted by Crippen LogP contribution is -2.49. The van der Waals surface area contributed by atoms with Crippen LogP contribution in [0.2, 0.25) is 0 Å². The number of nitrogens with one attached hydrogen (secondary N) is 1. The maximum absolute atomic E-state index is 5.39. The maximum Gasteiger partial charge on any atom is 0.0622 e. The van der Waals surface area contributed by atoms with E-state index in [1.165, 1.54) is 0 Å². The van der Waals surface area contributed by atoms with Gasteiger partial charge in [0.05, 0.1) is 13.2 Å². The Morgan fingerprint density at radius 1 is 1.40 bits per heavy atom. The summed E-state index contributed by atoms with van der Waals surface area (Å²) in [5.41, 5.74) is 0. The van der Waals surface area contributed by atoms with Crippen molar-refractivity contribution in [1.29, 1.82) is 0 Å². The molecule has 1 heterocycles. The quantitative estimate of drug-likeness (QED) is 0.591. The Morgan fingerprint density at radius 3 is 2.50 bits per heavy atom. The third kappa shape index (κ3) is 1.96. The Hall–Kier alpha value is -0.0800. The summed E-state index contributed by atoms with van der Waals surface area (Å²) >= 11 is 0. The third-order valence-electron chi connectivity index (χ3n) is 1.97. The Balaban J connectivity index is 2.32. The van der Waals surface area contributed by atoms with Crippen molar-refractivity contribution in [3.8, 4) is 0 Å². The highest BCUT2D eigenvalue weighted by Gasteiger charge is 2.20. The first-order valence-electron chi connectivity index (χ1n) is 4.04. The smallest absolute Gasteiger partial charge is 0.0622 e. The molecule has 1 N–H and O–H groups in total. The molecule has 1 aliphatic rings. The fourth-order valence-corrected chi connectivity index (χ4v) is 1.22. The van der Waals surface area contributed by atoms with Gasteiger partial charge < -0.3 is 10.1 Å². The lowest BCUT2D eigenvalue weighted by Gasteiger charge is -2.31. The standard InChI is InChI=1S/C8H17NO/c1-6(2)8-5-10-4-7(3)9-8/h6-9H,4-5H2,1-3H3. The van der Waals surface area contributed by atoms with Gasteiger partial charge in [0, 0.05) is 12.1 Å². The van der Waals surface area contributed by atoms with Gasteiger partial charge in [0.1, 0.15) is 0 Å². The number of ether oxygens (including phenoxy) is 1. The zero-order chi connectivity index (χ0) is 7.56. The minimum atomic E-state index is 0.529. The van der Waals surface area contributed by atoms with Crippen LogP contribution in [-0.4, -0.2) is 25.3 Å². The van der Waals surface area contributed by atoms with Crippen molar-refractivity contribution in [3.05, 3.63) is 0 Å². The van der Waals surface area contributed by atoms with E-state index >= 15 is 0 Å². The topological polar surface area (TPSA) is 21.3 Å². The minimum Gasteiger partial charge on any atom is -0.378 e. The van der Waals surface area contributed by atoms with Crippen molar-refractivity contribution in [2.45, 2.75) is 32.9 Å². The summed E-state index contributed by atoms with van der Waals surface area (Å²) in [6.45, 7) is 8.35. The van der Waals surface area contributed by atoms with E-state index < -0.39 is 0 Å². The lowest BCUT2D eigenvalue weighted by molar-refractivity contribution is 0.0370. The van der Waals surface area contributed by atoms with Crippen LogP contribution in [-0.2, 0) is 4.74 Å². The predicted molar refractivity (Wildman–Crippen MR) is 42.0 cm³/mol. The summed E-state index contributed by atoms with van der Waals surface area (Å²) in [6.07, 6.45) is 0. The van der Waals surface area contributed by atoms with E-state index in [-0.39, 0.29) is 0 Å². The number of morpholine rings is 1. The fraction of sp³-hybridized carbons (Fsp3) is 1.00. The average Bonchev–Trinajstić information content (AvgIpc) is 1.88. The molecule has 0 radical (unpaired) electrons. The van der Waals surface area contributed by atoms with Crippen LogP contribution in [0.3, 0.4) is 0 Å². The summed E-state index contributed by atoms with van der Waals surface area (Å²) in [5.74, 6) is 0.683. The van der Waals surface area contributed by atoms with Gasteiger partial charge in [-0.3, -0.25) is 0 Å². The molecular weight excluding hydrogens is 126 g/mol. The van der Waals surface area contributed by atoms with E-state index in [4.69, 9.17) is 4.74 Å². The average molecular weight is 143 g/mol. The normalized spacial score (nSPS) is 34.8. The van der Waals surface area contributed by atoms with Gasteiger partial charge in [-0.15, -0.1) is 0 Å². The molecule has 1 fully saturated rings. The van der Waals surface area contributed by atoms with E-state index in [9.17, 15) is 0 Å². The van der Waals surface area contributed by atoms with E-state index in [1.807, 2.05) is 0 Å². The molecule has 0 aromatic carbocycles. The molecule has 0 saturated carbocycles. The van der Waals surface area contributed by atoms with Gasteiger partial charge in [0.25, 0.3) is 0 Å². The monoisotopic (exact) mass is 143 g/mol. The van der Waals surface area contributed by atoms with Gasteiger partial charge >= 0.3 is 0 Å². The van der Waals surface area contributed by atoms with Crippen molar-refractivity contribution in [1.82, 2.24) is 5.32 Å². The van der Waals surface area contributed by atoms with E-state index in [0.717, 1.165) is 13.2 Å². The molecule has 2 unspecified atom stereocenters. The van der Waals surface area contributed by atoms with Crippen LogP contribution in [0.25, 0.3) is 0 Å². The molecule has 0 aliphatic carbocycles. The van der Waals surface area contributed by atoms with Gasteiger partial charge in [-0.05, 0) is 12.8 Å². The van der Waals surface area contributed by atoms with Crippen LogP contribution in [0.1, 0.15) is 20.8 Å². The van der Waals surface area contributed by atoms with Gasteiger partial charge in [0.2, 0.25) is 0 Å². The molecule has 2 nitrogen and oxygen atoms in total. The van der Waals surface area contributed by atoms with Crippen LogP contribution in [0, 0.1) is 5.92 Å². The highest BCUT2D eigenvalue weighted by Crippen LogP contribution is 2.07. The van der Waals surface area contributed by atoms with E-state index in [0.29, 0.717) is 18.0 Å². The molecule has 0 bridgehead atoms. The lowest BCUT2D eigenvalue weighted by atomic mass is 10.0. The third-order valence-corrected chi connectivity index (χ3v) is 1.97. The summed E-state index contributed by atoms with van der Waals surface area (Å²) in [5, 5.41) is 3.49. The number of rotatable bonds is 1. The van der Waals surface area contributed by atoms with Crippen molar-refractivity contribution in [2.75, 3.05) is 13.2 Å². The molecule has 1 aliphatic heterocycles. The van der Waals surface area contributed by atoms with Crippen LogP contribution < -0.4 is 5.32 Å².